The Morgan fingerprint density at radius 1 is 1.55 bits per heavy atom. The predicted octanol–water partition coefficient (Wildman–Crippen LogP) is 1.36. The average molecular weight is 295 g/mol. The maximum absolute atomic E-state index is 12.2. The van der Waals surface area contributed by atoms with Crippen molar-refractivity contribution in [1.82, 2.24) is 15.2 Å². The van der Waals surface area contributed by atoms with E-state index in [2.05, 4.69) is 20.5 Å². The van der Waals surface area contributed by atoms with Gasteiger partial charge in [-0.15, -0.1) is 0 Å². The molecule has 2 atom stereocenters. The highest BCUT2D eigenvalue weighted by Crippen LogP contribution is 2.26. The molecule has 3 heterocycles. The lowest BCUT2D eigenvalue weighted by atomic mass is 9.92. The van der Waals surface area contributed by atoms with Crippen LogP contribution in [0.1, 0.15) is 12.8 Å². The monoisotopic (exact) mass is 294 g/mol. The van der Waals surface area contributed by atoms with Crippen molar-refractivity contribution in [1.29, 1.82) is 0 Å². The van der Waals surface area contributed by atoms with E-state index in [1.165, 1.54) is 12.8 Å². The SMILES string of the molecule is O=C(CN1CCCC2CNCC21)Nc1cccnc1Cl. The van der Waals surface area contributed by atoms with Crippen molar-refractivity contribution in [2.75, 3.05) is 31.5 Å². The van der Waals surface area contributed by atoms with Crippen LogP contribution in [0.2, 0.25) is 5.15 Å². The number of amides is 1. The van der Waals surface area contributed by atoms with Crippen LogP contribution in [0.5, 0.6) is 0 Å². The molecule has 1 aromatic heterocycles. The number of hydrogen-bond donors (Lipinski definition) is 2. The number of hydrogen-bond acceptors (Lipinski definition) is 4. The predicted molar refractivity (Wildman–Crippen MR) is 78.8 cm³/mol. The van der Waals surface area contributed by atoms with Gasteiger partial charge in [0.1, 0.15) is 0 Å². The summed E-state index contributed by atoms with van der Waals surface area (Å²) in [6.45, 7) is 3.49. The van der Waals surface area contributed by atoms with Crippen LogP contribution in [0.3, 0.4) is 0 Å². The second-order valence-corrected chi connectivity index (χ2v) is 5.85. The van der Waals surface area contributed by atoms with Crippen molar-refractivity contribution in [3.8, 4) is 0 Å². The Morgan fingerprint density at radius 2 is 2.45 bits per heavy atom. The minimum absolute atomic E-state index is 0.0209. The Hall–Kier alpha value is -1.17. The Labute approximate surface area is 123 Å². The van der Waals surface area contributed by atoms with E-state index < -0.39 is 0 Å². The lowest BCUT2D eigenvalue weighted by Crippen LogP contribution is -2.48. The molecule has 1 amide bonds. The van der Waals surface area contributed by atoms with Gasteiger partial charge in [0.2, 0.25) is 5.91 Å². The van der Waals surface area contributed by atoms with Gasteiger partial charge < -0.3 is 10.6 Å². The van der Waals surface area contributed by atoms with E-state index in [9.17, 15) is 4.79 Å². The van der Waals surface area contributed by atoms with Crippen LogP contribution in [0.25, 0.3) is 0 Å². The molecule has 0 aromatic carbocycles. The van der Waals surface area contributed by atoms with Gasteiger partial charge in [0.05, 0.1) is 12.2 Å². The number of carbonyl (C=O) groups is 1. The first-order valence-electron chi connectivity index (χ1n) is 7.09. The third-order valence-corrected chi connectivity index (χ3v) is 4.47. The number of piperidine rings is 1. The highest BCUT2D eigenvalue weighted by Gasteiger charge is 2.35. The van der Waals surface area contributed by atoms with Gasteiger partial charge in [0.15, 0.2) is 5.15 Å². The van der Waals surface area contributed by atoms with Crippen LogP contribution >= 0.6 is 11.6 Å². The molecule has 6 heteroatoms. The van der Waals surface area contributed by atoms with E-state index >= 15 is 0 Å². The summed E-state index contributed by atoms with van der Waals surface area (Å²) in [5.74, 6) is 0.672. The molecule has 0 bridgehead atoms. The second kappa shape index (κ2) is 6.08. The lowest BCUT2D eigenvalue weighted by molar-refractivity contribution is -0.118. The minimum atomic E-state index is -0.0209. The van der Waals surface area contributed by atoms with Crippen molar-refractivity contribution in [3.05, 3.63) is 23.5 Å². The summed E-state index contributed by atoms with van der Waals surface area (Å²) in [6, 6.07) is 4.03. The smallest absolute Gasteiger partial charge is 0.238 e. The third-order valence-electron chi connectivity index (χ3n) is 4.17. The highest BCUT2D eigenvalue weighted by molar-refractivity contribution is 6.32. The van der Waals surface area contributed by atoms with Crippen molar-refractivity contribution >= 4 is 23.2 Å². The zero-order chi connectivity index (χ0) is 13.9. The normalized spacial score (nSPS) is 26.2. The molecule has 3 rings (SSSR count). The van der Waals surface area contributed by atoms with Crippen LogP contribution in [0, 0.1) is 5.92 Å². The third kappa shape index (κ3) is 2.95. The molecule has 0 aliphatic carbocycles. The van der Waals surface area contributed by atoms with Gasteiger partial charge in [-0.3, -0.25) is 9.69 Å². The average Bonchev–Trinajstić information content (AvgIpc) is 2.91. The second-order valence-electron chi connectivity index (χ2n) is 5.49. The molecule has 1 aromatic rings. The number of aromatic nitrogens is 1. The molecule has 20 heavy (non-hydrogen) atoms. The number of fused-ring (bicyclic) bond motifs is 1. The molecule has 2 unspecified atom stereocenters. The molecular formula is C14H19ClN4O. The first-order chi connectivity index (χ1) is 9.74. The van der Waals surface area contributed by atoms with E-state index in [1.54, 1.807) is 18.3 Å². The van der Waals surface area contributed by atoms with Crippen LogP contribution in [0.15, 0.2) is 18.3 Å². The number of likely N-dealkylation sites (tertiary alicyclic amines) is 1. The molecule has 0 radical (unpaired) electrons. The standard InChI is InChI=1S/C14H19ClN4O/c15-14-11(4-1-5-17-14)18-13(20)9-19-6-2-3-10-7-16-8-12(10)19/h1,4-5,10,12,16H,2-3,6-9H2,(H,18,20). The largest absolute Gasteiger partial charge is 0.322 e. The lowest BCUT2D eigenvalue weighted by Gasteiger charge is -2.36. The minimum Gasteiger partial charge on any atom is -0.322 e. The number of carbonyl (C=O) groups excluding carboxylic acids is 1. The van der Waals surface area contributed by atoms with Crippen LogP contribution in [0.4, 0.5) is 5.69 Å². The number of nitrogens with zero attached hydrogens (tertiary/aromatic N) is 2. The summed E-state index contributed by atoms with van der Waals surface area (Å²) in [7, 11) is 0. The number of halogens is 1. The fraction of sp³-hybridized carbons (Fsp3) is 0.571. The topological polar surface area (TPSA) is 57.3 Å². The number of nitrogens with one attached hydrogen (secondary N) is 2. The summed E-state index contributed by atoms with van der Waals surface area (Å²) in [6.07, 6.45) is 4.05. The molecule has 2 saturated heterocycles. The van der Waals surface area contributed by atoms with Crippen molar-refractivity contribution < 1.29 is 4.79 Å². The van der Waals surface area contributed by atoms with Gasteiger partial charge in [0.25, 0.3) is 0 Å². The highest BCUT2D eigenvalue weighted by atomic mass is 35.5. The summed E-state index contributed by atoms with van der Waals surface area (Å²) >= 11 is 5.95. The summed E-state index contributed by atoms with van der Waals surface area (Å²) in [5, 5.41) is 6.60. The van der Waals surface area contributed by atoms with Crippen LogP contribution in [-0.4, -0.2) is 48.0 Å². The van der Waals surface area contributed by atoms with Crippen LogP contribution in [-0.2, 0) is 4.79 Å². The van der Waals surface area contributed by atoms with E-state index in [4.69, 9.17) is 11.6 Å². The van der Waals surface area contributed by atoms with Gasteiger partial charge >= 0.3 is 0 Å². The van der Waals surface area contributed by atoms with Gasteiger partial charge in [-0.25, -0.2) is 4.98 Å². The van der Waals surface area contributed by atoms with Gasteiger partial charge in [0, 0.05) is 18.8 Å². The molecule has 5 nitrogen and oxygen atoms in total. The fourth-order valence-electron chi connectivity index (χ4n) is 3.21. The number of rotatable bonds is 3. The molecule has 2 fully saturated rings. The summed E-state index contributed by atoms with van der Waals surface area (Å²) in [4.78, 5) is 18.4. The molecule has 108 valence electrons. The first-order valence-corrected chi connectivity index (χ1v) is 7.47. The Kier molecular flexibility index (Phi) is 4.19. The fourth-order valence-corrected chi connectivity index (χ4v) is 3.38. The number of anilines is 1. The summed E-state index contributed by atoms with van der Waals surface area (Å²) in [5.41, 5.74) is 0.581. The zero-order valence-electron chi connectivity index (χ0n) is 11.3. The first kappa shape index (κ1) is 13.8. The quantitative estimate of drug-likeness (QED) is 0.827. The van der Waals surface area contributed by atoms with E-state index in [0.717, 1.165) is 19.6 Å². The van der Waals surface area contributed by atoms with E-state index in [0.29, 0.717) is 29.3 Å². The van der Waals surface area contributed by atoms with Crippen molar-refractivity contribution in [3.63, 3.8) is 0 Å². The molecule has 2 aliphatic heterocycles. The maximum atomic E-state index is 12.2. The zero-order valence-corrected chi connectivity index (χ0v) is 12.1. The molecule has 2 N–H and O–H groups in total. The van der Waals surface area contributed by atoms with E-state index in [-0.39, 0.29) is 5.91 Å². The molecule has 0 saturated carbocycles. The van der Waals surface area contributed by atoms with Crippen molar-refractivity contribution in [2.45, 2.75) is 18.9 Å². The molecule has 0 spiro atoms. The summed E-state index contributed by atoms with van der Waals surface area (Å²) < 4.78 is 0. The molecular weight excluding hydrogens is 276 g/mol. The number of pyridine rings is 1. The Morgan fingerprint density at radius 3 is 3.30 bits per heavy atom. The van der Waals surface area contributed by atoms with Gasteiger partial charge in [-0.05, 0) is 44.0 Å². The van der Waals surface area contributed by atoms with Crippen LogP contribution < -0.4 is 10.6 Å². The maximum Gasteiger partial charge on any atom is 0.238 e. The Bertz CT molecular complexity index is 496. The van der Waals surface area contributed by atoms with Gasteiger partial charge in [-0.2, -0.15) is 0 Å². The van der Waals surface area contributed by atoms with Crippen molar-refractivity contribution in [2.24, 2.45) is 5.92 Å². The Balaban J connectivity index is 1.60. The van der Waals surface area contributed by atoms with E-state index in [1.807, 2.05) is 0 Å². The van der Waals surface area contributed by atoms with Gasteiger partial charge in [-0.1, -0.05) is 11.6 Å². The molecule has 2 aliphatic rings.